The topological polar surface area (TPSA) is 61.4 Å². The highest BCUT2D eigenvalue weighted by molar-refractivity contribution is 5.88. The number of para-hydroxylation sites is 6. The highest BCUT2D eigenvalue weighted by Crippen LogP contribution is 2.37. The first-order valence-corrected chi connectivity index (χ1v) is 18.0. The fraction of sp³-hybridized carbons (Fsp3) is 0. The first-order valence-electron chi connectivity index (χ1n) is 18.0. The molecular formula is C48H32N6. The van der Waals surface area contributed by atoms with Crippen LogP contribution in [0.5, 0.6) is 0 Å². The zero-order chi connectivity index (χ0) is 35.8. The number of fused-ring (bicyclic) bond motifs is 2. The molecule has 10 aromatic rings. The van der Waals surface area contributed by atoms with Gasteiger partial charge in [-0.05, 0) is 72.8 Å². The van der Waals surface area contributed by atoms with Crippen molar-refractivity contribution < 1.29 is 0 Å². The second-order valence-corrected chi connectivity index (χ2v) is 13.2. The molecule has 0 fully saturated rings. The van der Waals surface area contributed by atoms with Crippen molar-refractivity contribution in [1.29, 1.82) is 0 Å². The van der Waals surface area contributed by atoms with Crippen molar-refractivity contribution in [3.63, 3.8) is 0 Å². The fourth-order valence-electron chi connectivity index (χ4n) is 7.22. The number of rotatable bonds is 7. The van der Waals surface area contributed by atoms with E-state index in [-0.39, 0.29) is 0 Å². The summed E-state index contributed by atoms with van der Waals surface area (Å²) in [5.74, 6) is 2.24. The van der Waals surface area contributed by atoms with Crippen LogP contribution in [0.15, 0.2) is 194 Å². The predicted octanol–water partition coefficient (Wildman–Crippen LogP) is 11.5. The molecule has 0 N–H and O–H groups in total. The second kappa shape index (κ2) is 13.3. The first-order chi connectivity index (χ1) is 26.8. The Labute approximate surface area is 312 Å². The van der Waals surface area contributed by atoms with Gasteiger partial charge in [-0.15, -0.1) is 0 Å². The van der Waals surface area contributed by atoms with Crippen molar-refractivity contribution in [2.75, 3.05) is 0 Å². The van der Waals surface area contributed by atoms with Crippen LogP contribution in [0.2, 0.25) is 0 Å². The molecule has 0 amide bonds. The minimum atomic E-state index is 0.614. The van der Waals surface area contributed by atoms with Gasteiger partial charge in [-0.3, -0.25) is 9.13 Å². The SMILES string of the molecule is c1ccc(-c2cc(-c3ccccc3)nc(-c3cc(-c4nc5ccccc5n4-c4ccccc4)cc(-c4nc5ccccc5n4-c4ccccc4)c3)n2)cc1. The lowest BCUT2D eigenvalue weighted by Gasteiger charge is -2.15. The van der Waals surface area contributed by atoms with Crippen LogP contribution in [0.4, 0.5) is 0 Å². The Morgan fingerprint density at radius 2 is 0.667 bits per heavy atom. The number of nitrogens with zero attached hydrogens (tertiary/aromatic N) is 6. The molecule has 0 aliphatic rings. The highest BCUT2D eigenvalue weighted by Gasteiger charge is 2.21. The number of aromatic nitrogens is 6. The lowest BCUT2D eigenvalue weighted by atomic mass is 10.0. The van der Waals surface area contributed by atoms with Gasteiger partial charge in [-0.25, -0.2) is 19.9 Å². The summed E-state index contributed by atoms with van der Waals surface area (Å²) >= 11 is 0. The molecule has 7 aromatic carbocycles. The quantitative estimate of drug-likeness (QED) is 0.167. The molecule has 254 valence electrons. The molecule has 0 bridgehead atoms. The minimum Gasteiger partial charge on any atom is -0.292 e. The smallest absolute Gasteiger partial charge is 0.160 e. The summed E-state index contributed by atoms with van der Waals surface area (Å²) in [5.41, 5.74) is 12.4. The van der Waals surface area contributed by atoms with E-state index in [1.165, 1.54) is 0 Å². The number of hydrogen-bond donors (Lipinski definition) is 0. The van der Waals surface area contributed by atoms with Crippen LogP contribution in [0.25, 0.3) is 90.1 Å². The van der Waals surface area contributed by atoms with Crippen molar-refractivity contribution in [3.8, 4) is 68.1 Å². The van der Waals surface area contributed by atoms with Crippen LogP contribution in [-0.2, 0) is 0 Å². The highest BCUT2D eigenvalue weighted by atomic mass is 15.1. The van der Waals surface area contributed by atoms with E-state index < -0.39 is 0 Å². The third-order valence-corrected chi connectivity index (χ3v) is 9.72. The van der Waals surface area contributed by atoms with Gasteiger partial charge in [0, 0.05) is 39.2 Å². The lowest BCUT2D eigenvalue weighted by Crippen LogP contribution is -2.01. The molecule has 6 nitrogen and oxygen atoms in total. The molecule has 0 aliphatic heterocycles. The molecule has 3 heterocycles. The van der Waals surface area contributed by atoms with Crippen molar-refractivity contribution >= 4 is 22.1 Å². The standard InChI is InChI=1S/C48H32N6/c1-5-17-33(18-6-1)42-32-43(34-19-7-2-8-20-34)50-46(49-42)35-29-36(47-51-40-25-13-15-27-44(40)53(47)38-21-9-3-10-22-38)31-37(30-35)48-52-41-26-14-16-28-45(41)54(48)39-23-11-4-12-24-39/h1-32H. The second-order valence-electron chi connectivity index (χ2n) is 13.2. The van der Waals surface area contributed by atoms with E-state index in [9.17, 15) is 0 Å². The van der Waals surface area contributed by atoms with E-state index in [0.717, 1.165) is 84.3 Å². The maximum absolute atomic E-state index is 5.28. The van der Waals surface area contributed by atoms with E-state index >= 15 is 0 Å². The molecule has 0 aliphatic carbocycles. The number of benzene rings is 7. The van der Waals surface area contributed by atoms with Gasteiger partial charge in [-0.2, -0.15) is 0 Å². The van der Waals surface area contributed by atoms with Gasteiger partial charge in [0.25, 0.3) is 0 Å². The maximum Gasteiger partial charge on any atom is 0.160 e. The molecule has 10 rings (SSSR count). The van der Waals surface area contributed by atoms with Gasteiger partial charge in [0.1, 0.15) is 11.6 Å². The van der Waals surface area contributed by atoms with Gasteiger partial charge in [-0.1, -0.05) is 121 Å². The van der Waals surface area contributed by atoms with E-state index in [1.807, 2.05) is 60.7 Å². The largest absolute Gasteiger partial charge is 0.292 e. The summed E-state index contributed by atoms with van der Waals surface area (Å²) in [4.78, 5) is 21.1. The van der Waals surface area contributed by atoms with Crippen LogP contribution in [0, 0.1) is 0 Å². The molecule has 0 atom stereocenters. The zero-order valence-electron chi connectivity index (χ0n) is 29.2. The van der Waals surface area contributed by atoms with Crippen molar-refractivity contribution in [2.45, 2.75) is 0 Å². The summed E-state index contributed by atoms with van der Waals surface area (Å²) in [5, 5.41) is 0. The Balaban J connectivity index is 1.28. The third kappa shape index (κ3) is 5.63. The van der Waals surface area contributed by atoms with Gasteiger partial charge >= 0.3 is 0 Å². The van der Waals surface area contributed by atoms with E-state index in [0.29, 0.717) is 5.82 Å². The molecule has 0 unspecified atom stereocenters. The summed E-state index contributed by atoms with van der Waals surface area (Å²) in [6, 6.07) is 66.6. The fourth-order valence-corrected chi connectivity index (χ4v) is 7.22. The zero-order valence-corrected chi connectivity index (χ0v) is 29.2. The third-order valence-electron chi connectivity index (χ3n) is 9.72. The summed E-state index contributed by atoms with van der Waals surface area (Å²) in [7, 11) is 0. The average molecular weight is 693 g/mol. The first kappa shape index (κ1) is 31.3. The number of imidazole rings is 2. The normalized spacial score (nSPS) is 11.3. The molecule has 6 heteroatoms. The van der Waals surface area contributed by atoms with Crippen LogP contribution in [0.3, 0.4) is 0 Å². The van der Waals surface area contributed by atoms with E-state index in [2.05, 4.69) is 143 Å². The molecule has 0 spiro atoms. The minimum absolute atomic E-state index is 0.614. The van der Waals surface area contributed by atoms with Crippen molar-refractivity contribution in [1.82, 2.24) is 29.1 Å². The van der Waals surface area contributed by atoms with Crippen molar-refractivity contribution in [3.05, 3.63) is 194 Å². The molecular weight excluding hydrogens is 661 g/mol. The summed E-state index contributed by atoms with van der Waals surface area (Å²) in [6.07, 6.45) is 0. The Morgan fingerprint density at radius 1 is 0.296 bits per heavy atom. The van der Waals surface area contributed by atoms with E-state index in [1.54, 1.807) is 0 Å². The van der Waals surface area contributed by atoms with E-state index in [4.69, 9.17) is 19.9 Å². The van der Waals surface area contributed by atoms with Gasteiger partial charge in [0.15, 0.2) is 5.82 Å². The Bertz CT molecular complexity index is 2720. The molecule has 0 saturated carbocycles. The van der Waals surface area contributed by atoms with Gasteiger partial charge in [0.05, 0.1) is 33.5 Å². The monoisotopic (exact) mass is 692 g/mol. The van der Waals surface area contributed by atoms with Gasteiger partial charge < -0.3 is 0 Å². The molecule has 54 heavy (non-hydrogen) atoms. The van der Waals surface area contributed by atoms with Crippen LogP contribution in [-0.4, -0.2) is 29.1 Å². The summed E-state index contributed by atoms with van der Waals surface area (Å²) in [6.45, 7) is 0. The molecule has 3 aromatic heterocycles. The Kier molecular flexibility index (Phi) is 7.69. The van der Waals surface area contributed by atoms with Crippen LogP contribution >= 0.6 is 0 Å². The Hall–Kier alpha value is -7.44. The number of hydrogen-bond acceptors (Lipinski definition) is 4. The average Bonchev–Trinajstić information content (AvgIpc) is 3.84. The summed E-state index contributed by atoms with van der Waals surface area (Å²) < 4.78 is 4.46. The van der Waals surface area contributed by atoms with Crippen LogP contribution < -0.4 is 0 Å². The molecule has 0 saturated heterocycles. The van der Waals surface area contributed by atoms with Crippen LogP contribution in [0.1, 0.15) is 0 Å². The predicted molar refractivity (Wildman–Crippen MR) is 218 cm³/mol. The van der Waals surface area contributed by atoms with Gasteiger partial charge in [0.2, 0.25) is 0 Å². The van der Waals surface area contributed by atoms with Crippen molar-refractivity contribution in [2.24, 2.45) is 0 Å². The Morgan fingerprint density at radius 3 is 1.11 bits per heavy atom. The molecule has 0 radical (unpaired) electrons. The maximum atomic E-state index is 5.28. The lowest BCUT2D eigenvalue weighted by molar-refractivity contribution is 1.09.